The van der Waals surface area contributed by atoms with E-state index in [9.17, 15) is 0 Å². The van der Waals surface area contributed by atoms with E-state index in [-0.39, 0.29) is 0 Å². The second-order valence-corrected chi connectivity index (χ2v) is 6.86. The van der Waals surface area contributed by atoms with E-state index >= 15 is 0 Å². The van der Waals surface area contributed by atoms with Gasteiger partial charge < -0.3 is 10.2 Å². The van der Waals surface area contributed by atoms with Gasteiger partial charge in [0, 0.05) is 35.1 Å². The summed E-state index contributed by atoms with van der Waals surface area (Å²) < 4.78 is 0. The van der Waals surface area contributed by atoms with Crippen molar-refractivity contribution in [1.82, 2.24) is 10.3 Å². The van der Waals surface area contributed by atoms with Crippen molar-refractivity contribution >= 4 is 27.8 Å². The van der Waals surface area contributed by atoms with Crippen molar-refractivity contribution in [2.75, 3.05) is 11.4 Å². The molecule has 19 heavy (non-hydrogen) atoms. The van der Waals surface area contributed by atoms with Crippen LogP contribution in [0.3, 0.4) is 0 Å². The summed E-state index contributed by atoms with van der Waals surface area (Å²) in [5.74, 6) is 0. The third-order valence-electron chi connectivity index (χ3n) is 2.80. The van der Waals surface area contributed by atoms with Crippen LogP contribution in [-0.2, 0) is 13.1 Å². The predicted molar refractivity (Wildman–Crippen MR) is 85.1 cm³/mol. The van der Waals surface area contributed by atoms with Crippen LogP contribution in [0.2, 0.25) is 0 Å². The number of thiophene rings is 1. The van der Waals surface area contributed by atoms with Gasteiger partial charge in [-0.2, -0.15) is 0 Å². The van der Waals surface area contributed by atoms with Crippen LogP contribution in [0.25, 0.3) is 0 Å². The van der Waals surface area contributed by atoms with Crippen molar-refractivity contribution in [3.8, 4) is 0 Å². The number of nitrogens with zero attached hydrogens (tertiary/aromatic N) is 2. The lowest BCUT2D eigenvalue weighted by Crippen LogP contribution is -2.21. The van der Waals surface area contributed by atoms with Crippen LogP contribution >= 0.6 is 22.7 Å². The molecule has 1 N–H and O–H groups in total. The van der Waals surface area contributed by atoms with Crippen LogP contribution in [0.5, 0.6) is 0 Å². The molecule has 2 aromatic heterocycles. The summed E-state index contributed by atoms with van der Waals surface area (Å²) in [4.78, 5) is 9.57. The summed E-state index contributed by atoms with van der Waals surface area (Å²) in [5, 5.41) is 6.68. The van der Waals surface area contributed by atoms with Crippen LogP contribution in [0.4, 0.5) is 5.13 Å². The first kappa shape index (κ1) is 14.5. The van der Waals surface area contributed by atoms with Gasteiger partial charge in [0.2, 0.25) is 0 Å². The first-order valence-corrected chi connectivity index (χ1v) is 8.34. The molecule has 5 heteroatoms. The molecule has 0 fully saturated rings. The van der Waals surface area contributed by atoms with Crippen molar-refractivity contribution in [1.29, 1.82) is 0 Å². The molecule has 0 bridgehead atoms. The molecule has 0 atom stereocenters. The van der Waals surface area contributed by atoms with E-state index in [1.807, 2.05) is 6.20 Å². The first-order valence-electron chi connectivity index (χ1n) is 6.64. The Hall–Kier alpha value is -0.910. The van der Waals surface area contributed by atoms with E-state index in [4.69, 9.17) is 0 Å². The smallest absolute Gasteiger partial charge is 0.185 e. The van der Waals surface area contributed by atoms with E-state index in [0.717, 1.165) is 24.8 Å². The van der Waals surface area contributed by atoms with Crippen molar-refractivity contribution in [3.63, 3.8) is 0 Å². The Morgan fingerprint density at radius 1 is 1.37 bits per heavy atom. The fraction of sp³-hybridized carbons (Fsp3) is 0.500. The van der Waals surface area contributed by atoms with Crippen LogP contribution in [-0.4, -0.2) is 17.6 Å². The quantitative estimate of drug-likeness (QED) is 0.843. The van der Waals surface area contributed by atoms with Gasteiger partial charge in [-0.05, 0) is 18.4 Å². The molecule has 0 aliphatic heterocycles. The van der Waals surface area contributed by atoms with E-state index < -0.39 is 0 Å². The number of rotatable bonds is 7. The zero-order valence-corrected chi connectivity index (χ0v) is 13.4. The van der Waals surface area contributed by atoms with Crippen molar-refractivity contribution in [2.24, 2.45) is 0 Å². The first-order chi connectivity index (χ1) is 9.19. The summed E-state index contributed by atoms with van der Waals surface area (Å²) in [6, 6.07) is 4.80. The SMILES string of the molecule is CCN(Cc1cccs1)c1ncc(CNC(C)C)s1. The average Bonchev–Trinajstić information content (AvgIpc) is 3.04. The highest BCUT2D eigenvalue weighted by molar-refractivity contribution is 7.15. The van der Waals surface area contributed by atoms with Gasteiger partial charge in [-0.3, -0.25) is 0 Å². The maximum Gasteiger partial charge on any atom is 0.185 e. The Morgan fingerprint density at radius 3 is 2.84 bits per heavy atom. The van der Waals surface area contributed by atoms with Crippen molar-refractivity contribution in [2.45, 2.75) is 39.9 Å². The summed E-state index contributed by atoms with van der Waals surface area (Å²) in [6.45, 7) is 9.36. The molecule has 0 aliphatic carbocycles. The van der Waals surface area contributed by atoms with Crippen molar-refractivity contribution in [3.05, 3.63) is 33.5 Å². The molecule has 0 unspecified atom stereocenters. The summed E-state index contributed by atoms with van der Waals surface area (Å²) in [7, 11) is 0. The third kappa shape index (κ3) is 4.30. The fourth-order valence-electron chi connectivity index (χ4n) is 1.74. The molecule has 2 heterocycles. The van der Waals surface area contributed by atoms with Gasteiger partial charge in [-0.25, -0.2) is 4.98 Å². The average molecular weight is 295 g/mol. The zero-order chi connectivity index (χ0) is 13.7. The molecular weight excluding hydrogens is 274 g/mol. The number of nitrogens with one attached hydrogen (secondary N) is 1. The Bertz CT molecular complexity index is 477. The lowest BCUT2D eigenvalue weighted by atomic mass is 10.4. The van der Waals surface area contributed by atoms with Gasteiger partial charge in [0.05, 0.1) is 6.54 Å². The monoisotopic (exact) mass is 295 g/mol. The van der Waals surface area contributed by atoms with Gasteiger partial charge >= 0.3 is 0 Å². The second-order valence-electron chi connectivity index (χ2n) is 4.74. The molecule has 3 nitrogen and oxygen atoms in total. The van der Waals surface area contributed by atoms with Gasteiger partial charge in [0.25, 0.3) is 0 Å². The molecule has 104 valence electrons. The second kappa shape index (κ2) is 7.03. The number of hydrogen-bond acceptors (Lipinski definition) is 5. The van der Waals surface area contributed by atoms with Crippen LogP contribution in [0.15, 0.2) is 23.7 Å². The number of aromatic nitrogens is 1. The lowest BCUT2D eigenvalue weighted by molar-refractivity contribution is 0.593. The number of hydrogen-bond donors (Lipinski definition) is 1. The van der Waals surface area contributed by atoms with Crippen LogP contribution in [0.1, 0.15) is 30.5 Å². The Labute approximate surface area is 123 Å². The zero-order valence-electron chi connectivity index (χ0n) is 11.7. The third-order valence-corrected chi connectivity index (χ3v) is 4.72. The minimum atomic E-state index is 0.513. The van der Waals surface area contributed by atoms with Gasteiger partial charge in [0.15, 0.2) is 5.13 Å². The highest BCUT2D eigenvalue weighted by atomic mass is 32.1. The Kier molecular flexibility index (Phi) is 5.36. The fourth-order valence-corrected chi connectivity index (χ4v) is 3.38. The summed E-state index contributed by atoms with van der Waals surface area (Å²) in [5.41, 5.74) is 0. The predicted octanol–water partition coefficient (Wildman–Crippen LogP) is 3.73. The van der Waals surface area contributed by atoms with Gasteiger partial charge in [-0.1, -0.05) is 19.9 Å². The molecule has 0 saturated heterocycles. The maximum absolute atomic E-state index is 4.55. The maximum atomic E-state index is 4.55. The molecule has 0 aliphatic rings. The molecule has 0 saturated carbocycles. The summed E-state index contributed by atoms with van der Waals surface area (Å²) >= 11 is 3.59. The number of thiazole rings is 1. The van der Waals surface area contributed by atoms with E-state index in [1.54, 1.807) is 22.7 Å². The minimum Gasteiger partial charge on any atom is -0.343 e. The lowest BCUT2D eigenvalue weighted by Gasteiger charge is -2.18. The standard InChI is InChI=1S/C14H21N3S2/c1-4-17(10-12-6-5-7-18-12)14-16-9-13(19-14)8-15-11(2)3/h5-7,9,11,15H,4,8,10H2,1-3H3. The van der Waals surface area contributed by atoms with Crippen LogP contribution in [0, 0.1) is 0 Å². The molecule has 0 aromatic carbocycles. The molecule has 0 spiro atoms. The van der Waals surface area contributed by atoms with E-state index in [0.29, 0.717) is 6.04 Å². The molecule has 2 rings (SSSR count). The van der Waals surface area contributed by atoms with Crippen molar-refractivity contribution < 1.29 is 0 Å². The van der Waals surface area contributed by atoms with E-state index in [2.05, 4.69) is 53.5 Å². The van der Waals surface area contributed by atoms with E-state index in [1.165, 1.54) is 9.75 Å². The summed E-state index contributed by atoms with van der Waals surface area (Å²) in [6.07, 6.45) is 1.99. The molecular formula is C14H21N3S2. The molecule has 0 amide bonds. The van der Waals surface area contributed by atoms with Gasteiger partial charge in [0.1, 0.15) is 0 Å². The Balaban J connectivity index is 1.98. The topological polar surface area (TPSA) is 28.2 Å². The Morgan fingerprint density at radius 2 is 2.21 bits per heavy atom. The number of anilines is 1. The van der Waals surface area contributed by atoms with Crippen LogP contribution < -0.4 is 10.2 Å². The normalized spacial score (nSPS) is 11.2. The largest absolute Gasteiger partial charge is 0.343 e. The highest BCUT2D eigenvalue weighted by Gasteiger charge is 2.10. The van der Waals surface area contributed by atoms with Gasteiger partial charge in [-0.15, -0.1) is 22.7 Å². The molecule has 2 aromatic rings. The minimum absolute atomic E-state index is 0.513. The molecule has 0 radical (unpaired) electrons. The highest BCUT2D eigenvalue weighted by Crippen LogP contribution is 2.25.